The van der Waals surface area contributed by atoms with Gasteiger partial charge in [0.05, 0.1) is 6.61 Å². The van der Waals surface area contributed by atoms with Gasteiger partial charge in [0, 0.05) is 0 Å². The van der Waals surface area contributed by atoms with E-state index in [0.29, 0.717) is 24.8 Å². The first-order chi connectivity index (χ1) is 8.29. The fourth-order valence-electron chi connectivity index (χ4n) is 1.99. The van der Waals surface area contributed by atoms with Gasteiger partial charge in [0.25, 0.3) is 0 Å². The summed E-state index contributed by atoms with van der Waals surface area (Å²) in [5, 5.41) is 0. The van der Waals surface area contributed by atoms with Crippen LogP contribution in [-0.4, -0.2) is 13.2 Å². The van der Waals surface area contributed by atoms with Crippen LogP contribution in [0.4, 0.5) is 4.39 Å². The molecule has 0 bridgehead atoms. The van der Waals surface area contributed by atoms with Gasteiger partial charge in [-0.3, -0.25) is 0 Å². The Morgan fingerprint density at radius 2 is 2.18 bits per heavy atom. The molecule has 2 rings (SSSR count). The minimum absolute atomic E-state index is 0.251. The molecule has 3 heteroatoms. The molecule has 0 aromatic heterocycles. The Morgan fingerprint density at radius 1 is 1.35 bits per heavy atom. The smallest absolute Gasteiger partial charge is 0.165 e. The zero-order valence-electron chi connectivity index (χ0n) is 10.1. The highest BCUT2D eigenvalue weighted by molar-refractivity contribution is 5.29. The van der Waals surface area contributed by atoms with Crippen molar-refractivity contribution in [3.8, 4) is 5.75 Å². The molecular formula is C14H20FNO. The summed E-state index contributed by atoms with van der Waals surface area (Å²) >= 11 is 0. The maximum atomic E-state index is 13.7. The van der Waals surface area contributed by atoms with Gasteiger partial charge in [-0.2, -0.15) is 0 Å². The number of rotatable bonds is 6. The molecule has 94 valence electrons. The van der Waals surface area contributed by atoms with Crippen LogP contribution < -0.4 is 10.5 Å². The Balaban J connectivity index is 1.88. The number of halogens is 1. The second-order valence-corrected chi connectivity index (χ2v) is 4.76. The minimum atomic E-state index is -0.251. The lowest BCUT2D eigenvalue weighted by Gasteiger charge is -2.25. The maximum absolute atomic E-state index is 13.7. The van der Waals surface area contributed by atoms with Crippen LogP contribution in [0.5, 0.6) is 5.75 Å². The lowest BCUT2D eigenvalue weighted by molar-refractivity contribution is 0.175. The van der Waals surface area contributed by atoms with Crippen molar-refractivity contribution in [2.75, 3.05) is 13.2 Å². The molecule has 0 amide bonds. The molecule has 0 aliphatic heterocycles. The third-order valence-corrected chi connectivity index (χ3v) is 3.37. The number of ether oxygens (including phenoxy) is 1. The molecule has 2 nitrogen and oxygen atoms in total. The van der Waals surface area contributed by atoms with Gasteiger partial charge in [-0.1, -0.05) is 12.5 Å². The van der Waals surface area contributed by atoms with E-state index in [1.165, 1.54) is 19.3 Å². The Kier molecular flexibility index (Phi) is 4.37. The van der Waals surface area contributed by atoms with Gasteiger partial charge in [0.15, 0.2) is 11.6 Å². The van der Waals surface area contributed by atoms with Crippen LogP contribution in [0.1, 0.15) is 31.2 Å². The van der Waals surface area contributed by atoms with E-state index in [0.717, 1.165) is 18.4 Å². The van der Waals surface area contributed by atoms with Crippen molar-refractivity contribution in [2.24, 2.45) is 11.7 Å². The molecule has 0 radical (unpaired) electrons. The molecule has 1 fully saturated rings. The average molecular weight is 237 g/mol. The second kappa shape index (κ2) is 6.01. The van der Waals surface area contributed by atoms with Crippen LogP contribution in [-0.2, 0) is 6.42 Å². The SMILES string of the molecule is NCCCc1ccc(OCC2CCC2)c(F)c1. The van der Waals surface area contributed by atoms with Gasteiger partial charge in [0.1, 0.15) is 0 Å². The Hall–Kier alpha value is -1.09. The Bertz CT molecular complexity index is 363. The highest BCUT2D eigenvalue weighted by atomic mass is 19.1. The average Bonchev–Trinajstić information content (AvgIpc) is 2.27. The molecule has 0 atom stereocenters. The first kappa shape index (κ1) is 12.4. The van der Waals surface area contributed by atoms with E-state index in [2.05, 4.69) is 0 Å². The predicted octanol–water partition coefficient (Wildman–Crippen LogP) is 2.90. The van der Waals surface area contributed by atoms with Crippen molar-refractivity contribution in [3.05, 3.63) is 29.6 Å². The summed E-state index contributed by atoms with van der Waals surface area (Å²) in [4.78, 5) is 0. The van der Waals surface area contributed by atoms with Crippen LogP contribution >= 0.6 is 0 Å². The summed E-state index contributed by atoms with van der Waals surface area (Å²) in [5.74, 6) is 0.763. The van der Waals surface area contributed by atoms with Crippen molar-refractivity contribution in [3.63, 3.8) is 0 Å². The van der Waals surface area contributed by atoms with E-state index in [1.54, 1.807) is 12.1 Å². The number of hydrogen-bond donors (Lipinski definition) is 1. The molecular weight excluding hydrogens is 217 g/mol. The molecule has 1 aliphatic rings. The summed E-state index contributed by atoms with van der Waals surface area (Å²) in [6.45, 7) is 1.29. The van der Waals surface area contributed by atoms with Crippen molar-refractivity contribution < 1.29 is 9.13 Å². The van der Waals surface area contributed by atoms with Crippen LogP contribution in [0.2, 0.25) is 0 Å². The van der Waals surface area contributed by atoms with E-state index in [1.807, 2.05) is 6.07 Å². The molecule has 0 saturated heterocycles. The van der Waals surface area contributed by atoms with E-state index in [-0.39, 0.29) is 5.82 Å². The summed E-state index contributed by atoms with van der Waals surface area (Å²) in [6, 6.07) is 5.22. The van der Waals surface area contributed by atoms with E-state index >= 15 is 0 Å². The highest BCUT2D eigenvalue weighted by Crippen LogP contribution is 2.28. The van der Waals surface area contributed by atoms with Gasteiger partial charge in [-0.15, -0.1) is 0 Å². The maximum Gasteiger partial charge on any atom is 0.165 e. The van der Waals surface area contributed by atoms with E-state index < -0.39 is 0 Å². The van der Waals surface area contributed by atoms with Gasteiger partial charge in [-0.05, 0) is 55.8 Å². The molecule has 0 heterocycles. The van der Waals surface area contributed by atoms with Crippen LogP contribution in [0.25, 0.3) is 0 Å². The number of hydrogen-bond acceptors (Lipinski definition) is 2. The fourth-order valence-corrected chi connectivity index (χ4v) is 1.99. The van der Waals surface area contributed by atoms with Crippen LogP contribution in [0.15, 0.2) is 18.2 Å². The van der Waals surface area contributed by atoms with E-state index in [4.69, 9.17) is 10.5 Å². The summed E-state index contributed by atoms with van der Waals surface area (Å²) in [7, 11) is 0. The van der Waals surface area contributed by atoms with Gasteiger partial charge >= 0.3 is 0 Å². The molecule has 1 saturated carbocycles. The highest BCUT2D eigenvalue weighted by Gasteiger charge is 2.18. The number of benzene rings is 1. The van der Waals surface area contributed by atoms with Gasteiger partial charge in [-0.25, -0.2) is 4.39 Å². The monoisotopic (exact) mass is 237 g/mol. The molecule has 1 aromatic carbocycles. The third-order valence-electron chi connectivity index (χ3n) is 3.37. The molecule has 1 aromatic rings. The molecule has 0 unspecified atom stereocenters. The van der Waals surface area contributed by atoms with Crippen molar-refractivity contribution in [1.29, 1.82) is 0 Å². The van der Waals surface area contributed by atoms with Crippen molar-refractivity contribution in [1.82, 2.24) is 0 Å². The van der Waals surface area contributed by atoms with Crippen LogP contribution in [0.3, 0.4) is 0 Å². The Labute approximate surface area is 102 Å². The zero-order valence-corrected chi connectivity index (χ0v) is 10.1. The first-order valence-electron chi connectivity index (χ1n) is 6.41. The standard InChI is InChI=1S/C14H20FNO/c15-13-9-11(5-2-8-16)6-7-14(13)17-10-12-3-1-4-12/h6-7,9,12H,1-5,8,10,16H2. The van der Waals surface area contributed by atoms with Crippen molar-refractivity contribution in [2.45, 2.75) is 32.1 Å². The largest absolute Gasteiger partial charge is 0.490 e. The predicted molar refractivity (Wildman–Crippen MR) is 66.6 cm³/mol. The van der Waals surface area contributed by atoms with Gasteiger partial charge < -0.3 is 10.5 Å². The Morgan fingerprint density at radius 3 is 2.76 bits per heavy atom. The normalized spacial score (nSPS) is 15.6. The fraction of sp³-hybridized carbons (Fsp3) is 0.571. The summed E-state index contributed by atoms with van der Waals surface area (Å²) < 4.78 is 19.2. The van der Waals surface area contributed by atoms with E-state index in [9.17, 15) is 4.39 Å². The topological polar surface area (TPSA) is 35.2 Å². The minimum Gasteiger partial charge on any atom is -0.490 e. The molecule has 0 spiro atoms. The van der Waals surface area contributed by atoms with Gasteiger partial charge in [0.2, 0.25) is 0 Å². The van der Waals surface area contributed by atoms with Crippen molar-refractivity contribution >= 4 is 0 Å². The molecule has 2 N–H and O–H groups in total. The zero-order chi connectivity index (χ0) is 12.1. The quantitative estimate of drug-likeness (QED) is 0.825. The van der Waals surface area contributed by atoms with Crippen LogP contribution in [0, 0.1) is 11.7 Å². The lowest BCUT2D eigenvalue weighted by Crippen LogP contribution is -2.19. The third kappa shape index (κ3) is 3.43. The molecule has 1 aliphatic carbocycles. The first-order valence-corrected chi connectivity index (χ1v) is 6.41. The summed E-state index contributed by atoms with van der Waals surface area (Å²) in [5.41, 5.74) is 6.42. The number of aryl methyl sites for hydroxylation is 1. The second-order valence-electron chi connectivity index (χ2n) is 4.76. The summed E-state index contributed by atoms with van der Waals surface area (Å²) in [6.07, 6.45) is 5.44. The number of nitrogens with two attached hydrogens (primary N) is 1. The lowest BCUT2D eigenvalue weighted by atomic mass is 9.86. The molecule has 17 heavy (non-hydrogen) atoms.